The van der Waals surface area contributed by atoms with Crippen LogP contribution in [0, 0.1) is 5.92 Å². The molecule has 1 unspecified atom stereocenters. The summed E-state index contributed by atoms with van der Waals surface area (Å²) in [5.41, 5.74) is 0. The van der Waals surface area contributed by atoms with Gasteiger partial charge < -0.3 is 10.4 Å². The molecule has 1 radical (unpaired) electrons. The molecule has 1 aliphatic heterocycles. The van der Waals surface area contributed by atoms with Gasteiger partial charge in [0.1, 0.15) is 0 Å². The summed E-state index contributed by atoms with van der Waals surface area (Å²) in [6, 6.07) is 0. The third kappa shape index (κ3) is 2.54. The van der Waals surface area contributed by atoms with E-state index >= 15 is 0 Å². The third-order valence-electron chi connectivity index (χ3n) is 1.42. The molecule has 1 atom stereocenters. The van der Waals surface area contributed by atoms with E-state index in [1.54, 1.807) is 0 Å². The Kier molecular flexibility index (Phi) is 5.48. The maximum Gasteiger partial charge on any atom is 0.0471 e. The zero-order chi connectivity index (χ0) is 5.11. The molecule has 0 saturated carbocycles. The second kappa shape index (κ2) is 4.86. The molecule has 2 nitrogen and oxygen atoms in total. The number of aliphatic hydroxyl groups is 1. The van der Waals surface area contributed by atoms with Gasteiger partial charge in [0.25, 0.3) is 0 Å². The zero-order valence-corrected chi connectivity index (χ0v) is 7.77. The Bertz CT molecular complexity index is 54.4. The Labute approximate surface area is 74.9 Å². The smallest absolute Gasteiger partial charge is 0.0471 e. The van der Waals surface area contributed by atoms with Crippen LogP contribution in [0.25, 0.3) is 0 Å². The van der Waals surface area contributed by atoms with Crippen molar-refractivity contribution in [2.75, 3.05) is 19.7 Å². The van der Waals surface area contributed by atoms with Crippen LogP contribution in [0.4, 0.5) is 0 Å². The summed E-state index contributed by atoms with van der Waals surface area (Å²) in [6.45, 7) is 2.45. The maximum atomic E-state index is 8.53. The Hall–Kier alpha value is 1.02. The predicted molar refractivity (Wildman–Crippen MR) is 28.1 cm³/mol. The number of hydrogen-bond acceptors (Lipinski definition) is 2. The van der Waals surface area contributed by atoms with E-state index in [1.807, 2.05) is 0 Å². The predicted octanol–water partition coefficient (Wildman–Crippen LogP) is -0.414. The molecule has 2 N–H and O–H groups in total. The van der Waals surface area contributed by atoms with Crippen molar-refractivity contribution in [1.82, 2.24) is 5.32 Å². The van der Waals surface area contributed by atoms with Crippen LogP contribution in [0.15, 0.2) is 0 Å². The first-order chi connectivity index (χ1) is 3.43. The number of aliphatic hydroxyl groups excluding tert-OH is 1. The first-order valence-corrected chi connectivity index (χ1v) is 2.75. The molecule has 1 heterocycles. The summed E-state index contributed by atoms with van der Waals surface area (Å²) >= 11 is 0. The quantitative estimate of drug-likeness (QED) is 0.588. The molecule has 0 aromatic carbocycles. The van der Waals surface area contributed by atoms with Gasteiger partial charge in [-0.3, -0.25) is 0 Å². The molecule has 0 aromatic rings. The molecule has 0 aromatic heterocycles. The van der Waals surface area contributed by atoms with Crippen molar-refractivity contribution in [3.63, 3.8) is 0 Å². The van der Waals surface area contributed by atoms with Gasteiger partial charge in [0.15, 0.2) is 0 Å². The molecule has 0 amide bonds. The van der Waals surface area contributed by atoms with E-state index in [-0.39, 0.29) is 32.7 Å². The topological polar surface area (TPSA) is 32.3 Å². The van der Waals surface area contributed by atoms with E-state index in [4.69, 9.17) is 5.11 Å². The molecule has 0 aliphatic carbocycles. The van der Waals surface area contributed by atoms with Crippen molar-refractivity contribution < 1.29 is 37.8 Å². The number of hydrogen-bond donors (Lipinski definition) is 2. The zero-order valence-electron chi connectivity index (χ0n) is 4.93. The van der Waals surface area contributed by atoms with E-state index in [2.05, 4.69) is 5.32 Å². The third-order valence-corrected chi connectivity index (χ3v) is 1.42. The average molecular weight is 190 g/mol. The monoisotopic (exact) mass is 190 g/mol. The van der Waals surface area contributed by atoms with Crippen LogP contribution in [0.1, 0.15) is 6.42 Å². The summed E-state index contributed by atoms with van der Waals surface area (Å²) in [4.78, 5) is 0. The van der Waals surface area contributed by atoms with Gasteiger partial charge in [-0.15, -0.1) is 0 Å². The maximum absolute atomic E-state index is 8.53. The summed E-state index contributed by atoms with van der Waals surface area (Å²) in [7, 11) is 0. The molecular formula is C5H11NOY. The summed E-state index contributed by atoms with van der Waals surface area (Å²) in [6.07, 6.45) is 1.15. The van der Waals surface area contributed by atoms with Gasteiger partial charge in [-0.05, 0) is 18.9 Å². The molecular weight excluding hydrogens is 179 g/mol. The molecule has 3 heteroatoms. The van der Waals surface area contributed by atoms with Crippen molar-refractivity contribution in [1.29, 1.82) is 0 Å². The van der Waals surface area contributed by atoms with Gasteiger partial charge in [0.05, 0.1) is 0 Å². The molecule has 0 bridgehead atoms. The van der Waals surface area contributed by atoms with Gasteiger partial charge in [-0.25, -0.2) is 0 Å². The molecule has 0 spiro atoms. The minimum absolute atomic E-state index is 0. The largest absolute Gasteiger partial charge is 0.396 e. The molecule has 45 valence electrons. The van der Waals surface area contributed by atoms with Crippen molar-refractivity contribution in [3.05, 3.63) is 0 Å². The molecule has 1 rings (SSSR count). The molecule has 1 fully saturated rings. The Balaban J connectivity index is 0.000000490. The fraction of sp³-hybridized carbons (Fsp3) is 1.00. The van der Waals surface area contributed by atoms with Gasteiger partial charge >= 0.3 is 0 Å². The van der Waals surface area contributed by atoms with Gasteiger partial charge in [-0.2, -0.15) is 0 Å². The first-order valence-electron chi connectivity index (χ1n) is 2.75. The SMILES string of the molecule is OCC1CCNC1.[Y]. The molecule has 8 heavy (non-hydrogen) atoms. The van der Waals surface area contributed by atoms with Crippen LogP contribution in [-0.4, -0.2) is 24.8 Å². The minimum Gasteiger partial charge on any atom is -0.396 e. The van der Waals surface area contributed by atoms with E-state index in [1.165, 1.54) is 0 Å². The van der Waals surface area contributed by atoms with Gasteiger partial charge in [-0.1, -0.05) is 0 Å². The van der Waals surface area contributed by atoms with Gasteiger partial charge in [0.2, 0.25) is 0 Å². The van der Waals surface area contributed by atoms with Crippen LogP contribution in [-0.2, 0) is 32.7 Å². The second-order valence-electron chi connectivity index (χ2n) is 2.04. The standard InChI is InChI=1S/C5H11NO.Y/c7-4-5-1-2-6-3-5;/h5-7H,1-4H2;. The Morgan fingerprint density at radius 1 is 1.62 bits per heavy atom. The van der Waals surface area contributed by atoms with E-state index in [0.29, 0.717) is 12.5 Å². The van der Waals surface area contributed by atoms with Crippen LogP contribution in [0.5, 0.6) is 0 Å². The van der Waals surface area contributed by atoms with Crippen LogP contribution >= 0.6 is 0 Å². The van der Waals surface area contributed by atoms with E-state index in [0.717, 1.165) is 19.5 Å². The van der Waals surface area contributed by atoms with Crippen LogP contribution in [0.2, 0.25) is 0 Å². The fourth-order valence-corrected chi connectivity index (χ4v) is 0.870. The second-order valence-corrected chi connectivity index (χ2v) is 2.04. The Morgan fingerprint density at radius 3 is 2.62 bits per heavy atom. The summed E-state index contributed by atoms with van der Waals surface area (Å²) in [5, 5.41) is 11.7. The molecule has 1 saturated heterocycles. The molecule has 1 aliphatic rings. The van der Waals surface area contributed by atoms with Crippen molar-refractivity contribution in [3.8, 4) is 0 Å². The number of nitrogens with one attached hydrogen (secondary N) is 1. The van der Waals surface area contributed by atoms with Crippen molar-refractivity contribution >= 4 is 0 Å². The van der Waals surface area contributed by atoms with Gasteiger partial charge in [0, 0.05) is 45.9 Å². The Morgan fingerprint density at radius 2 is 2.38 bits per heavy atom. The number of rotatable bonds is 1. The summed E-state index contributed by atoms with van der Waals surface area (Å²) in [5.74, 6) is 0.542. The first kappa shape index (κ1) is 9.02. The summed E-state index contributed by atoms with van der Waals surface area (Å²) < 4.78 is 0. The van der Waals surface area contributed by atoms with Crippen LogP contribution < -0.4 is 5.32 Å². The van der Waals surface area contributed by atoms with E-state index < -0.39 is 0 Å². The normalized spacial score (nSPS) is 27.4. The van der Waals surface area contributed by atoms with Crippen molar-refractivity contribution in [2.24, 2.45) is 5.92 Å². The minimum atomic E-state index is 0. The van der Waals surface area contributed by atoms with E-state index in [9.17, 15) is 0 Å². The van der Waals surface area contributed by atoms with Crippen LogP contribution in [0.3, 0.4) is 0 Å². The van der Waals surface area contributed by atoms with Crippen molar-refractivity contribution in [2.45, 2.75) is 6.42 Å². The fourth-order valence-electron chi connectivity index (χ4n) is 0.870. The average Bonchev–Trinajstić information content (AvgIpc) is 2.14.